The van der Waals surface area contributed by atoms with Gasteiger partial charge >= 0.3 is 0 Å². The Morgan fingerprint density at radius 3 is 2.68 bits per heavy atom. The average molecular weight is 298 g/mol. The van der Waals surface area contributed by atoms with Gasteiger partial charge in [-0.15, -0.1) is 0 Å². The van der Waals surface area contributed by atoms with Crippen molar-refractivity contribution in [3.05, 3.63) is 47.7 Å². The topological polar surface area (TPSA) is 55.6 Å². The van der Waals surface area contributed by atoms with Crippen LogP contribution in [0.2, 0.25) is 0 Å². The molecule has 22 heavy (non-hydrogen) atoms. The van der Waals surface area contributed by atoms with Gasteiger partial charge in [-0.2, -0.15) is 0 Å². The lowest BCUT2D eigenvalue weighted by Crippen LogP contribution is -2.39. The fourth-order valence-electron chi connectivity index (χ4n) is 2.42. The summed E-state index contributed by atoms with van der Waals surface area (Å²) in [6, 6.07) is 9.79. The van der Waals surface area contributed by atoms with Crippen LogP contribution >= 0.6 is 0 Å². The summed E-state index contributed by atoms with van der Waals surface area (Å²) in [7, 11) is 0. The van der Waals surface area contributed by atoms with Crippen molar-refractivity contribution in [1.82, 2.24) is 10.1 Å². The van der Waals surface area contributed by atoms with Gasteiger partial charge in [0.2, 0.25) is 5.91 Å². The molecule has 1 aliphatic rings. The fraction of sp³-hybridized carbons (Fsp3) is 0.294. The van der Waals surface area contributed by atoms with E-state index in [-0.39, 0.29) is 5.91 Å². The molecule has 0 saturated carbocycles. The number of aromatic nitrogens is 1. The van der Waals surface area contributed by atoms with Gasteiger partial charge in [-0.05, 0) is 13.0 Å². The van der Waals surface area contributed by atoms with E-state index in [4.69, 9.17) is 9.26 Å². The quantitative estimate of drug-likeness (QED) is 0.817. The van der Waals surface area contributed by atoms with E-state index in [2.05, 4.69) is 5.16 Å². The van der Waals surface area contributed by atoms with E-state index in [0.717, 1.165) is 16.8 Å². The van der Waals surface area contributed by atoms with E-state index < -0.39 is 0 Å². The van der Waals surface area contributed by atoms with Gasteiger partial charge in [0.15, 0.2) is 0 Å². The van der Waals surface area contributed by atoms with Gasteiger partial charge in [0.05, 0.1) is 13.2 Å². The number of amides is 1. The Morgan fingerprint density at radius 1 is 1.23 bits per heavy atom. The molecule has 0 N–H and O–H groups in total. The number of rotatable bonds is 3. The van der Waals surface area contributed by atoms with Gasteiger partial charge in [0.1, 0.15) is 11.5 Å². The van der Waals surface area contributed by atoms with Crippen molar-refractivity contribution < 1.29 is 14.1 Å². The molecule has 0 aliphatic carbocycles. The summed E-state index contributed by atoms with van der Waals surface area (Å²) >= 11 is 0. The highest BCUT2D eigenvalue weighted by Crippen LogP contribution is 2.26. The van der Waals surface area contributed by atoms with Gasteiger partial charge in [-0.25, -0.2) is 0 Å². The lowest BCUT2D eigenvalue weighted by atomic mass is 10.1. The summed E-state index contributed by atoms with van der Waals surface area (Å²) < 4.78 is 10.5. The van der Waals surface area contributed by atoms with Crippen molar-refractivity contribution in [2.24, 2.45) is 0 Å². The molecule has 114 valence electrons. The first-order valence-corrected chi connectivity index (χ1v) is 7.32. The highest BCUT2D eigenvalue weighted by molar-refractivity contribution is 5.93. The molecule has 3 rings (SSSR count). The van der Waals surface area contributed by atoms with Crippen molar-refractivity contribution in [3.63, 3.8) is 0 Å². The summed E-state index contributed by atoms with van der Waals surface area (Å²) in [5.41, 5.74) is 2.56. The van der Waals surface area contributed by atoms with Gasteiger partial charge in [-0.1, -0.05) is 35.5 Å². The summed E-state index contributed by atoms with van der Waals surface area (Å²) in [6.07, 6.45) is 3.36. The third-order valence-corrected chi connectivity index (χ3v) is 3.67. The van der Waals surface area contributed by atoms with E-state index in [0.29, 0.717) is 32.1 Å². The number of ether oxygens (including phenoxy) is 1. The normalized spacial score (nSPS) is 15.4. The zero-order valence-corrected chi connectivity index (χ0v) is 12.5. The zero-order valence-electron chi connectivity index (χ0n) is 12.5. The second-order valence-corrected chi connectivity index (χ2v) is 5.14. The third kappa shape index (κ3) is 3.09. The smallest absolute Gasteiger partial charge is 0.246 e. The standard InChI is InChI=1S/C17H18N2O3/c1-13-15(7-8-16(20)19-9-11-21-12-10-19)17(18-22-13)14-5-3-2-4-6-14/h2-8H,9-12H2,1H3/b8-7+. The molecule has 0 atom stereocenters. The van der Waals surface area contributed by atoms with Crippen LogP contribution in [0.25, 0.3) is 17.3 Å². The van der Waals surface area contributed by atoms with Crippen LogP contribution in [0.4, 0.5) is 0 Å². The Kier molecular flexibility index (Phi) is 4.34. The molecule has 1 aliphatic heterocycles. The predicted molar refractivity (Wildman–Crippen MR) is 83.1 cm³/mol. The Morgan fingerprint density at radius 2 is 1.95 bits per heavy atom. The molecule has 0 spiro atoms. The first-order chi connectivity index (χ1) is 10.8. The van der Waals surface area contributed by atoms with Crippen LogP contribution in [-0.2, 0) is 9.53 Å². The molecule has 1 fully saturated rings. The van der Waals surface area contributed by atoms with Crippen LogP contribution in [0.1, 0.15) is 11.3 Å². The molecular weight excluding hydrogens is 280 g/mol. The summed E-state index contributed by atoms with van der Waals surface area (Å²) in [5.74, 6) is 0.688. The average Bonchev–Trinajstić information content (AvgIpc) is 2.95. The lowest BCUT2D eigenvalue weighted by Gasteiger charge is -2.25. The number of hydrogen-bond donors (Lipinski definition) is 0. The summed E-state index contributed by atoms with van der Waals surface area (Å²) in [6.45, 7) is 4.31. The van der Waals surface area contributed by atoms with Gasteiger partial charge in [0.25, 0.3) is 0 Å². The number of aryl methyl sites for hydroxylation is 1. The zero-order chi connectivity index (χ0) is 15.4. The molecule has 5 heteroatoms. The monoisotopic (exact) mass is 298 g/mol. The van der Waals surface area contributed by atoms with Crippen molar-refractivity contribution >= 4 is 12.0 Å². The molecule has 1 aromatic heterocycles. The SMILES string of the molecule is Cc1onc(-c2ccccc2)c1/C=C/C(=O)N1CCOCC1. The Bertz CT molecular complexity index is 670. The van der Waals surface area contributed by atoms with Crippen LogP contribution in [0.15, 0.2) is 40.9 Å². The van der Waals surface area contributed by atoms with E-state index in [1.54, 1.807) is 17.1 Å². The Labute approximate surface area is 129 Å². The summed E-state index contributed by atoms with van der Waals surface area (Å²) in [4.78, 5) is 14.0. The van der Waals surface area contributed by atoms with Crippen molar-refractivity contribution in [1.29, 1.82) is 0 Å². The largest absolute Gasteiger partial charge is 0.378 e. The molecule has 1 saturated heterocycles. The molecule has 1 amide bonds. The number of benzene rings is 1. The summed E-state index contributed by atoms with van der Waals surface area (Å²) in [5, 5.41) is 4.11. The Hall–Kier alpha value is -2.40. The molecule has 1 aromatic carbocycles. The van der Waals surface area contributed by atoms with E-state index in [1.165, 1.54) is 0 Å². The minimum absolute atomic E-state index is 0.0112. The first kappa shape index (κ1) is 14.5. The van der Waals surface area contributed by atoms with Crippen molar-refractivity contribution in [2.45, 2.75) is 6.92 Å². The Balaban J connectivity index is 1.81. The molecular formula is C17H18N2O3. The highest BCUT2D eigenvalue weighted by Gasteiger charge is 2.16. The minimum atomic E-state index is -0.0112. The number of nitrogens with zero attached hydrogens (tertiary/aromatic N) is 2. The number of hydrogen-bond acceptors (Lipinski definition) is 4. The molecule has 0 bridgehead atoms. The first-order valence-electron chi connectivity index (χ1n) is 7.32. The second-order valence-electron chi connectivity index (χ2n) is 5.14. The second kappa shape index (κ2) is 6.58. The van der Waals surface area contributed by atoms with E-state index >= 15 is 0 Å². The maximum absolute atomic E-state index is 12.2. The molecule has 2 heterocycles. The van der Waals surface area contributed by atoms with E-state index in [9.17, 15) is 4.79 Å². The number of carbonyl (C=O) groups excluding carboxylic acids is 1. The lowest BCUT2D eigenvalue weighted by molar-refractivity contribution is -0.129. The predicted octanol–water partition coefficient (Wildman–Crippen LogP) is 2.52. The third-order valence-electron chi connectivity index (χ3n) is 3.67. The number of morpholine rings is 1. The van der Waals surface area contributed by atoms with Crippen LogP contribution in [-0.4, -0.2) is 42.3 Å². The van der Waals surface area contributed by atoms with Crippen LogP contribution in [0, 0.1) is 6.92 Å². The maximum atomic E-state index is 12.2. The van der Waals surface area contributed by atoms with Crippen LogP contribution < -0.4 is 0 Å². The van der Waals surface area contributed by atoms with Crippen molar-refractivity contribution in [3.8, 4) is 11.3 Å². The highest BCUT2D eigenvalue weighted by atomic mass is 16.5. The van der Waals surface area contributed by atoms with Gasteiger partial charge < -0.3 is 14.2 Å². The van der Waals surface area contributed by atoms with Crippen molar-refractivity contribution in [2.75, 3.05) is 26.3 Å². The van der Waals surface area contributed by atoms with Crippen LogP contribution in [0.3, 0.4) is 0 Å². The maximum Gasteiger partial charge on any atom is 0.246 e. The number of carbonyl (C=O) groups is 1. The molecule has 5 nitrogen and oxygen atoms in total. The van der Waals surface area contributed by atoms with Crippen LogP contribution in [0.5, 0.6) is 0 Å². The van der Waals surface area contributed by atoms with E-state index in [1.807, 2.05) is 37.3 Å². The van der Waals surface area contributed by atoms with Gasteiger partial charge in [-0.3, -0.25) is 4.79 Å². The molecule has 0 radical (unpaired) electrons. The van der Waals surface area contributed by atoms with Gasteiger partial charge in [0, 0.05) is 30.3 Å². The molecule has 2 aromatic rings. The fourth-order valence-corrected chi connectivity index (χ4v) is 2.42. The minimum Gasteiger partial charge on any atom is -0.378 e. The molecule has 0 unspecified atom stereocenters.